The van der Waals surface area contributed by atoms with Crippen LogP contribution in [0.4, 0.5) is 10.1 Å². The summed E-state index contributed by atoms with van der Waals surface area (Å²) < 4.78 is 33.5. The minimum absolute atomic E-state index is 0.0527. The lowest BCUT2D eigenvalue weighted by Gasteiger charge is -2.11. The Labute approximate surface area is 139 Å². The van der Waals surface area contributed by atoms with Gasteiger partial charge in [0.25, 0.3) is 0 Å². The molecule has 0 bridgehead atoms. The van der Waals surface area contributed by atoms with Gasteiger partial charge >= 0.3 is 11.9 Å². The maximum Gasteiger partial charge on any atom is 0.347 e. The average molecular weight is 341 g/mol. The van der Waals surface area contributed by atoms with Gasteiger partial charge in [0.05, 0.1) is 27.4 Å². The van der Waals surface area contributed by atoms with Gasteiger partial charge in [-0.25, -0.2) is 14.0 Å². The molecule has 7 nitrogen and oxygen atoms in total. The molecule has 0 aliphatic heterocycles. The Morgan fingerprint density at radius 1 is 1.08 bits per heavy atom. The van der Waals surface area contributed by atoms with E-state index in [2.05, 4.69) is 5.32 Å². The van der Waals surface area contributed by atoms with Crippen LogP contribution in [0.15, 0.2) is 23.9 Å². The van der Waals surface area contributed by atoms with E-state index in [9.17, 15) is 14.0 Å². The van der Waals surface area contributed by atoms with Gasteiger partial charge in [-0.1, -0.05) is 0 Å². The van der Waals surface area contributed by atoms with E-state index < -0.39 is 17.8 Å². The Morgan fingerprint density at radius 2 is 1.67 bits per heavy atom. The zero-order valence-electron chi connectivity index (χ0n) is 14.0. The summed E-state index contributed by atoms with van der Waals surface area (Å²) >= 11 is 0. The molecule has 0 heterocycles. The second-order valence-electron chi connectivity index (χ2n) is 4.34. The fraction of sp³-hybridized carbons (Fsp3) is 0.375. The molecule has 0 radical (unpaired) electrons. The highest BCUT2D eigenvalue weighted by molar-refractivity contribution is 6.14. The van der Waals surface area contributed by atoms with Crippen molar-refractivity contribution in [2.75, 3.05) is 32.8 Å². The fourth-order valence-corrected chi connectivity index (χ4v) is 1.78. The van der Waals surface area contributed by atoms with Gasteiger partial charge in [0.1, 0.15) is 0 Å². The lowest BCUT2D eigenvalue weighted by atomic mass is 10.2. The molecular formula is C16H20FNO6. The summed E-state index contributed by atoms with van der Waals surface area (Å²) in [6.45, 7) is 3.41. The van der Waals surface area contributed by atoms with Crippen LogP contribution in [0.2, 0.25) is 0 Å². The first kappa shape index (κ1) is 19.3. The monoisotopic (exact) mass is 341 g/mol. The number of carbonyl (C=O) groups is 2. The van der Waals surface area contributed by atoms with E-state index in [4.69, 9.17) is 18.9 Å². The number of ether oxygens (including phenoxy) is 4. The summed E-state index contributed by atoms with van der Waals surface area (Å²) in [5.41, 5.74) is -0.0925. The Hall–Kier alpha value is -2.77. The lowest BCUT2D eigenvalue weighted by molar-refractivity contribution is -0.146. The Morgan fingerprint density at radius 3 is 2.12 bits per heavy atom. The first-order valence-electron chi connectivity index (χ1n) is 7.20. The summed E-state index contributed by atoms with van der Waals surface area (Å²) in [6, 6.07) is 2.58. The van der Waals surface area contributed by atoms with Gasteiger partial charge in [0.15, 0.2) is 22.9 Å². The first-order valence-corrected chi connectivity index (χ1v) is 7.20. The van der Waals surface area contributed by atoms with Gasteiger partial charge in [-0.15, -0.1) is 0 Å². The van der Waals surface area contributed by atoms with E-state index in [1.165, 1.54) is 20.3 Å². The van der Waals surface area contributed by atoms with Crippen LogP contribution >= 0.6 is 0 Å². The van der Waals surface area contributed by atoms with Crippen molar-refractivity contribution in [1.29, 1.82) is 0 Å². The van der Waals surface area contributed by atoms with Crippen LogP contribution in [-0.4, -0.2) is 39.4 Å². The number of nitrogens with one attached hydrogen (secondary N) is 1. The molecule has 0 atom stereocenters. The molecule has 132 valence electrons. The molecule has 0 aliphatic rings. The minimum Gasteiger partial charge on any atom is -0.493 e. The molecule has 0 aliphatic carbocycles. The highest BCUT2D eigenvalue weighted by Gasteiger charge is 2.21. The van der Waals surface area contributed by atoms with Crippen molar-refractivity contribution in [3.8, 4) is 11.5 Å². The third kappa shape index (κ3) is 4.87. The molecule has 0 unspecified atom stereocenters. The standard InChI is InChI=1S/C16H20FNO6/c1-5-23-15(19)11(16(20)24-6-2)9-18-10-7-12(17)14(22-4)13(8-10)21-3/h7-9,18H,5-6H2,1-4H3. The Bertz CT molecular complexity index is 609. The molecule has 0 saturated carbocycles. The van der Waals surface area contributed by atoms with Gasteiger partial charge < -0.3 is 24.3 Å². The summed E-state index contributed by atoms with van der Waals surface area (Å²) in [5.74, 6) is -2.25. The number of halogens is 1. The molecule has 1 aromatic carbocycles. The molecular weight excluding hydrogens is 321 g/mol. The van der Waals surface area contributed by atoms with E-state index in [1.54, 1.807) is 13.8 Å². The van der Waals surface area contributed by atoms with Crippen LogP contribution in [0.1, 0.15) is 13.8 Å². The number of anilines is 1. The van der Waals surface area contributed by atoms with Crippen molar-refractivity contribution in [1.82, 2.24) is 0 Å². The molecule has 0 amide bonds. The SMILES string of the molecule is CCOC(=O)C(=CNc1cc(F)c(OC)c(OC)c1)C(=O)OCC. The second kappa shape index (κ2) is 9.39. The fourth-order valence-electron chi connectivity index (χ4n) is 1.78. The van der Waals surface area contributed by atoms with E-state index in [1.807, 2.05) is 0 Å². The van der Waals surface area contributed by atoms with Crippen LogP contribution in [0, 0.1) is 5.82 Å². The number of hydrogen-bond acceptors (Lipinski definition) is 7. The highest BCUT2D eigenvalue weighted by Crippen LogP contribution is 2.33. The van der Waals surface area contributed by atoms with Crippen LogP contribution in [-0.2, 0) is 19.1 Å². The summed E-state index contributed by atoms with van der Waals surface area (Å²) in [7, 11) is 2.67. The molecule has 0 aromatic heterocycles. The van der Waals surface area contributed by atoms with Gasteiger partial charge in [-0.2, -0.15) is 0 Å². The molecule has 1 aromatic rings. The molecule has 1 rings (SSSR count). The zero-order chi connectivity index (χ0) is 18.1. The summed E-state index contributed by atoms with van der Waals surface area (Å²) in [6.07, 6.45) is 1.09. The van der Waals surface area contributed by atoms with Gasteiger partial charge in [0.2, 0.25) is 0 Å². The number of hydrogen-bond donors (Lipinski definition) is 1. The maximum atomic E-state index is 13.9. The molecule has 8 heteroatoms. The normalized spacial score (nSPS) is 9.71. The molecule has 0 saturated heterocycles. The Kier molecular flexibility index (Phi) is 7.54. The quantitative estimate of drug-likeness (QED) is 0.336. The predicted octanol–water partition coefficient (Wildman–Crippen LogP) is 2.26. The highest BCUT2D eigenvalue weighted by atomic mass is 19.1. The first-order chi connectivity index (χ1) is 11.5. The molecule has 0 spiro atoms. The molecule has 24 heavy (non-hydrogen) atoms. The van der Waals surface area contributed by atoms with Crippen LogP contribution in [0.3, 0.4) is 0 Å². The van der Waals surface area contributed by atoms with Gasteiger partial charge in [-0.05, 0) is 13.8 Å². The van der Waals surface area contributed by atoms with Crippen molar-refractivity contribution in [2.45, 2.75) is 13.8 Å². The number of carbonyl (C=O) groups excluding carboxylic acids is 2. The number of benzene rings is 1. The summed E-state index contributed by atoms with van der Waals surface area (Å²) in [5, 5.41) is 2.65. The number of methoxy groups -OCH3 is 2. The third-order valence-electron chi connectivity index (χ3n) is 2.81. The third-order valence-corrected chi connectivity index (χ3v) is 2.81. The van der Waals surface area contributed by atoms with E-state index in [-0.39, 0.29) is 36.0 Å². The zero-order valence-corrected chi connectivity index (χ0v) is 14.0. The maximum absolute atomic E-state index is 13.9. The Balaban J connectivity index is 3.10. The van der Waals surface area contributed by atoms with Crippen molar-refractivity contribution in [2.24, 2.45) is 0 Å². The van der Waals surface area contributed by atoms with Crippen molar-refractivity contribution in [3.05, 3.63) is 29.7 Å². The van der Waals surface area contributed by atoms with Gasteiger partial charge in [0, 0.05) is 24.0 Å². The lowest BCUT2D eigenvalue weighted by Crippen LogP contribution is -2.19. The number of esters is 2. The van der Waals surface area contributed by atoms with Crippen LogP contribution in [0.25, 0.3) is 0 Å². The van der Waals surface area contributed by atoms with Crippen molar-refractivity contribution < 1.29 is 32.9 Å². The van der Waals surface area contributed by atoms with E-state index in [0.29, 0.717) is 0 Å². The van der Waals surface area contributed by atoms with Crippen LogP contribution in [0.5, 0.6) is 11.5 Å². The van der Waals surface area contributed by atoms with Gasteiger partial charge in [-0.3, -0.25) is 0 Å². The predicted molar refractivity (Wildman–Crippen MR) is 84.5 cm³/mol. The van der Waals surface area contributed by atoms with Crippen LogP contribution < -0.4 is 14.8 Å². The topological polar surface area (TPSA) is 83.1 Å². The van der Waals surface area contributed by atoms with E-state index in [0.717, 1.165) is 12.3 Å². The van der Waals surface area contributed by atoms with Crippen molar-refractivity contribution >= 4 is 17.6 Å². The smallest absolute Gasteiger partial charge is 0.347 e. The number of rotatable bonds is 8. The largest absolute Gasteiger partial charge is 0.493 e. The minimum atomic E-state index is -0.843. The van der Waals surface area contributed by atoms with Crippen molar-refractivity contribution in [3.63, 3.8) is 0 Å². The second-order valence-corrected chi connectivity index (χ2v) is 4.34. The molecule has 0 fully saturated rings. The molecule has 1 N–H and O–H groups in total. The average Bonchev–Trinajstić information content (AvgIpc) is 2.55. The summed E-state index contributed by atoms with van der Waals surface area (Å²) in [4.78, 5) is 23.6. The van der Waals surface area contributed by atoms with E-state index >= 15 is 0 Å².